The number of unbranched alkanes of at least 4 members (excludes halogenated alkanes) is 1. The second-order valence-electron chi connectivity index (χ2n) is 8.92. The van der Waals surface area contributed by atoms with Crippen LogP contribution in [0.1, 0.15) is 36.5 Å². The first-order valence-electron chi connectivity index (χ1n) is 12.3. The number of hydrogen-bond donors (Lipinski definition) is 0. The second kappa shape index (κ2) is 12.5. The summed E-state index contributed by atoms with van der Waals surface area (Å²) in [4.78, 5) is 0. The van der Waals surface area contributed by atoms with Gasteiger partial charge in [0.1, 0.15) is 34.8 Å². The van der Waals surface area contributed by atoms with E-state index in [1.54, 1.807) is 0 Å². The van der Waals surface area contributed by atoms with E-state index in [-0.39, 0.29) is 16.9 Å². The maximum absolute atomic E-state index is 14.8. The zero-order valence-corrected chi connectivity index (χ0v) is 21.6. The Labute approximate surface area is 234 Å². The zero-order chi connectivity index (χ0) is 30.6. The van der Waals surface area contributed by atoms with E-state index < -0.39 is 69.3 Å². The Balaban J connectivity index is 1.54. The van der Waals surface area contributed by atoms with E-state index in [0.29, 0.717) is 43.0 Å². The van der Waals surface area contributed by atoms with Crippen LogP contribution in [0.25, 0.3) is 11.1 Å². The number of benzene rings is 4. The summed E-state index contributed by atoms with van der Waals surface area (Å²) in [5.74, 6) is -6.95. The third-order valence-corrected chi connectivity index (χ3v) is 5.88. The Bertz CT molecular complexity index is 1640. The zero-order valence-electron chi connectivity index (χ0n) is 21.6. The summed E-state index contributed by atoms with van der Waals surface area (Å²) in [6, 6.07) is 7.83. The first-order chi connectivity index (χ1) is 19.9. The molecule has 4 aromatic rings. The van der Waals surface area contributed by atoms with E-state index >= 15 is 0 Å². The molecule has 0 aliphatic rings. The van der Waals surface area contributed by atoms with Gasteiger partial charge in [0.25, 0.3) is 0 Å². The van der Waals surface area contributed by atoms with Crippen LogP contribution in [-0.4, -0.2) is 6.61 Å². The van der Waals surface area contributed by atoms with Gasteiger partial charge < -0.3 is 9.47 Å². The molecule has 4 rings (SSSR count). The molecule has 0 aliphatic carbocycles. The summed E-state index contributed by atoms with van der Waals surface area (Å²) in [5.41, 5.74) is -2.86. The SMILES string of the molecule is CCCCOc1ccc(-c2ccc(C(F)(F)Oc3cc(F)c(C#Cc4cc(F)c(F)c(F)c4)c(F)c3)c(F)c2)c(F)c1. The topological polar surface area (TPSA) is 18.5 Å². The molecule has 0 spiro atoms. The lowest BCUT2D eigenvalue weighted by Gasteiger charge is -2.19. The summed E-state index contributed by atoms with van der Waals surface area (Å²) in [5, 5.41) is 0. The highest BCUT2D eigenvalue weighted by atomic mass is 19.3. The van der Waals surface area contributed by atoms with Gasteiger partial charge in [-0.25, -0.2) is 30.7 Å². The van der Waals surface area contributed by atoms with Crippen molar-refractivity contribution in [2.24, 2.45) is 0 Å². The molecule has 4 aromatic carbocycles. The minimum Gasteiger partial charge on any atom is -0.493 e. The van der Waals surface area contributed by atoms with Gasteiger partial charge in [0.05, 0.1) is 17.7 Å². The van der Waals surface area contributed by atoms with Crippen molar-refractivity contribution in [1.82, 2.24) is 0 Å². The molecule has 218 valence electrons. The highest BCUT2D eigenvalue weighted by Gasteiger charge is 2.38. The number of rotatable bonds is 8. The molecule has 0 unspecified atom stereocenters. The first-order valence-corrected chi connectivity index (χ1v) is 12.3. The van der Waals surface area contributed by atoms with Gasteiger partial charge in [-0.15, -0.1) is 0 Å². The van der Waals surface area contributed by atoms with E-state index in [0.717, 1.165) is 25.0 Å². The van der Waals surface area contributed by atoms with Gasteiger partial charge in [-0.2, -0.15) is 8.78 Å². The van der Waals surface area contributed by atoms with Crippen LogP contribution in [0.5, 0.6) is 11.5 Å². The lowest BCUT2D eigenvalue weighted by molar-refractivity contribution is -0.187. The third kappa shape index (κ3) is 6.82. The Kier molecular flexibility index (Phi) is 9.05. The van der Waals surface area contributed by atoms with Crippen LogP contribution in [0, 0.1) is 52.6 Å². The highest BCUT2D eigenvalue weighted by molar-refractivity contribution is 5.65. The molecule has 11 heteroatoms. The van der Waals surface area contributed by atoms with Gasteiger partial charge in [0.15, 0.2) is 17.5 Å². The van der Waals surface area contributed by atoms with Crippen LogP contribution in [-0.2, 0) is 6.11 Å². The van der Waals surface area contributed by atoms with Gasteiger partial charge in [-0.1, -0.05) is 31.3 Å². The molecule has 2 nitrogen and oxygen atoms in total. The lowest BCUT2D eigenvalue weighted by Crippen LogP contribution is -2.23. The van der Waals surface area contributed by atoms with E-state index in [1.165, 1.54) is 12.1 Å². The largest absolute Gasteiger partial charge is 0.493 e. The van der Waals surface area contributed by atoms with Crippen molar-refractivity contribution in [2.45, 2.75) is 25.9 Å². The first kappa shape index (κ1) is 30.4. The molecule has 0 radical (unpaired) electrons. The van der Waals surface area contributed by atoms with Gasteiger partial charge in [-0.05, 0) is 48.4 Å². The molecule has 0 heterocycles. The molecule has 42 heavy (non-hydrogen) atoms. The van der Waals surface area contributed by atoms with Crippen molar-refractivity contribution >= 4 is 0 Å². The molecule has 0 saturated heterocycles. The van der Waals surface area contributed by atoms with E-state index in [2.05, 4.69) is 4.74 Å². The molecular formula is C31H19F9O2. The Morgan fingerprint density at radius 1 is 0.667 bits per heavy atom. The molecule has 0 aromatic heterocycles. The predicted molar refractivity (Wildman–Crippen MR) is 135 cm³/mol. The van der Waals surface area contributed by atoms with E-state index in [9.17, 15) is 39.5 Å². The fourth-order valence-corrected chi connectivity index (χ4v) is 3.77. The number of ether oxygens (including phenoxy) is 2. The fourth-order valence-electron chi connectivity index (χ4n) is 3.77. The van der Waals surface area contributed by atoms with Crippen LogP contribution < -0.4 is 9.47 Å². The predicted octanol–water partition coefficient (Wildman–Crippen LogP) is 9.03. The van der Waals surface area contributed by atoms with Crippen molar-refractivity contribution in [3.05, 3.63) is 118 Å². The fraction of sp³-hybridized carbons (Fsp3) is 0.161. The maximum Gasteiger partial charge on any atom is 0.429 e. The molecule has 0 amide bonds. The molecule has 0 N–H and O–H groups in total. The lowest BCUT2D eigenvalue weighted by atomic mass is 10.0. The standard InChI is InChI=1S/C31H19F9O2/c1-2-3-10-41-19-6-8-21(24(32)14-19)18-5-9-23(27(35)13-18)31(39,40)42-20-15-25(33)22(26(34)16-20)7-4-17-11-28(36)30(38)29(37)12-17/h5-6,8-9,11-16H,2-3,10H2,1H3. The van der Waals surface area contributed by atoms with Crippen LogP contribution in [0.4, 0.5) is 39.5 Å². The van der Waals surface area contributed by atoms with Crippen molar-refractivity contribution in [3.8, 4) is 34.5 Å². The Morgan fingerprint density at radius 3 is 1.90 bits per heavy atom. The van der Waals surface area contributed by atoms with E-state index in [1.807, 2.05) is 18.8 Å². The molecule has 0 saturated carbocycles. The Morgan fingerprint density at radius 2 is 1.31 bits per heavy atom. The maximum atomic E-state index is 14.8. The minimum atomic E-state index is -4.42. The summed E-state index contributed by atoms with van der Waals surface area (Å²) < 4.78 is 138. The second-order valence-corrected chi connectivity index (χ2v) is 8.92. The van der Waals surface area contributed by atoms with Gasteiger partial charge in [-0.3, -0.25) is 0 Å². The average molecular weight is 594 g/mol. The van der Waals surface area contributed by atoms with Crippen molar-refractivity contribution in [3.63, 3.8) is 0 Å². The molecule has 0 fully saturated rings. The number of halogens is 9. The molecule has 0 aliphatic heterocycles. The highest BCUT2D eigenvalue weighted by Crippen LogP contribution is 2.36. The summed E-state index contributed by atoms with van der Waals surface area (Å²) in [6.45, 7) is 2.33. The summed E-state index contributed by atoms with van der Waals surface area (Å²) in [6.07, 6.45) is -2.80. The monoisotopic (exact) mass is 594 g/mol. The third-order valence-electron chi connectivity index (χ3n) is 5.88. The number of hydrogen-bond acceptors (Lipinski definition) is 2. The summed E-state index contributed by atoms with van der Waals surface area (Å²) >= 11 is 0. The summed E-state index contributed by atoms with van der Waals surface area (Å²) in [7, 11) is 0. The van der Waals surface area contributed by atoms with Crippen LogP contribution in [0.3, 0.4) is 0 Å². The van der Waals surface area contributed by atoms with Crippen LogP contribution >= 0.6 is 0 Å². The van der Waals surface area contributed by atoms with Gasteiger partial charge in [0, 0.05) is 29.3 Å². The van der Waals surface area contributed by atoms with Crippen LogP contribution in [0.2, 0.25) is 0 Å². The van der Waals surface area contributed by atoms with Crippen molar-refractivity contribution in [1.29, 1.82) is 0 Å². The average Bonchev–Trinajstić information content (AvgIpc) is 2.91. The minimum absolute atomic E-state index is 0.0643. The van der Waals surface area contributed by atoms with Crippen LogP contribution in [0.15, 0.2) is 60.7 Å². The van der Waals surface area contributed by atoms with Gasteiger partial charge >= 0.3 is 6.11 Å². The quantitative estimate of drug-likeness (QED) is 0.0878. The van der Waals surface area contributed by atoms with E-state index in [4.69, 9.17) is 4.74 Å². The smallest absolute Gasteiger partial charge is 0.429 e. The molecular weight excluding hydrogens is 575 g/mol. The van der Waals surface area contributed by atoms with Crippen molar-refractivity contribution in [2.75, 3.05) is 6.61 Å². The Hall–Kier alpha value is -4.59. The molecule has 0 atom stereocenters. The number of alkyl halides is 2. The van der Waals surface area contributed by atoms with Crippen molar-refractivity contribution < 1.29 is 49.0 Å². The van der Waals surface area contributed by atoms with Gasteiger partial charge in [0.2, 0.25) is 0 Å². The molecule has 0 bridgehead atoms. The normalized spacial score (nSPS) is 11.2.